The first-order valence-corrected chi connectivity index (χ1v) is 6.26. The number of unbranched alkanes of at least 4 members (excludes halogenated alkanes) is 1. The van der Waals surface area contributed by atoms with Crippen LogP contribution in [0.25, 0.3) is 0 Å². The molecule has 0 aliphatic heterocycles. The summed E-state index contributed by atoms with van der Waals surface area (Å²) in [7, 11) is 0. The van der Waals surface area contributed by atoms with Crippen molar-refractivity contribution in [1.29, 1.82) is 0 Å². The molecule has 0 saturated heterocycles. The van der Waals surface area contributed by atoms with E-state index in [1.165, 1.54) is 17.8 Å². The van der Waals surface area contributed by atoms with Crippen LogP contribution in [0.5, 0.6) is 0 Å². The minimum Gasteiger partial charge on any atom is -0.301 e. The second kappa shape index (κ2) is 6.48. The molecule has 0 aromatic carbocycles. The third-order valence-electron chi connectivity index (χ3n) is 2.01. The molecule has 1 aromatic heterocycles. The molecule has 88 valence electrons. The summed E-state index contributed by atoms with van der Waals surface area (Å²) in [6.45, 7) is 3.40. The first-order valence-electron chi connectivity index (χ1n) is 5.28. The highest BCUT2D eigenvalue weighted by molar-refractivity contribution is 7.99. The van der Waals surface area contributed by atoms with E-state index in [1.54, 1.807) is 13.8 Å². The van der Waals surface area contributed by atoms with Crippen LogP contribution >= 0.6 is 11.8 Å². The second-order valence-electron chi connectivity index (χ2n) is 3.70. The lowest BCUT2D eigenvalue weighted by Crippen LogP contribution is -2.08. The van der Waals surface area contributed by atoms with Crippen molar-refractivity contribution in [2.24, 2.45) is 0 Å². The van der Waals surface area contributed by atoms with Crippen molar-refractivity contribution in [3.05, 3.63) is 22.1 Å². The molecule has 0 unspecified atom stereocenters. The number of aromatic amines is 1. The van der Waals surface area contributed by atoms with Crippen LogP contribution in [0.4, 0.5) is 0 Å². The molecular weight excluding hydrogens is 224 g/mol. The Bertz CT molecular complexity index is 415. The van der Waals surface area contributed by atoms with Gasteiger partial charge in [0.05, 0.1) is 0 Å². The number of nitrogens with one attached hydrogen (secondary N) is 1. The molecule has 0 bridgehead atoms. The Morgan fingerprint density at radius 2 is 2.25 bits per heavy atom. The lowest BCUT2D eigenvalue weighted by molar-refractivity contribution is -0.117. The first-order chi connectivity index (χ1) is 7.58. The lowest BCUT2D eigenvalue weighted by atomic mass is 10.2. The van der Waals surface area contributed by atoms with Gasteiger partial charge in [0.25, 0.3) is 5.56 Å². The molecule has 4 nitrogen and oxygen atoms in total. The fourth-order valence-electron chi connectivity index (χ4n) is 1.26. The highest BCUT2D eigenvalue weighted by atomic mass is 32.2. The van der Waals surface area contributed by atoms with Crippen molar-refractivity contribution >= 4 is 17.5 Å². The molecule has 1 aromatic rings. The van der Waals surface area contributed by atoms with Gasteiger partial charge in [-0.05, 0) is 26.7 Å². The molecule has 5 heteroatoms. The van der Waals surface area contributed by atoms with E-state index in [1.807, 2.05) is 0 Å². The Morgan fingerprint density at radius 1 is 1.50 bits per heavy atom. The number of hydrogen-bond donors (Lipinski definition) is 1. The average molecular weight is 240 g/mol. The van der Waals surface area contributed by atoms with E-state index in [2.05, 4.69) is 9.97 Å². The van der Waals surface area contributed by atoms with Crippen molar-refractivity contribution < 1.29 is 4.79 Å². The molecule has 1 heterocycles. The van der Waals surface area contributed by atoms with Gasteiger partial charge >= 0.3 is 0 Å². The fraction of sp³-hybridized carbons (Fsp3) is 0.545. The molecule has 0 amide bonds. The monoisotopic (exact) mass is 240 g/mol. The maximum Gasteiger partial charge on any atom is 0.251 e. The molecule has 1 N–H and O–H groups in total. The van der Waals surface area contributed by atoms with Gasteiger partial charge < -0.3 is 9.78 Å². The quantitative estimate of drug-likeness (QED) is 0.469. The van der Waals surface area contributed by atoms with E-state index in [0.29, 0.717) is 11.6 Å². The number of nitrogens with zero attached hydrogens (tertiary/aromatic N) is 1. The molecule has 0 atom stereocenters. The van der Waals surface area contributed by atoms with Gasteiger partial charge in [0.15, 0.2) is 5.16 Å². The SMILES string of the molecule is CC(=O)CCCCSc1nc(C)cc(=O)[nH]1. The zero-order valence-corrected chi connectivity index (χ0v) is 10.4. The Hall–Kier alpha value is -1.10. The number of H-pyrrole nitrogens is 1. The third-order valence-corrected chi connectivity index (χ3v) is 2.97. The lowest BCUT2D eigenvalue weighted by Gasteiger charge is -2.01. The second-order valence-corrected chi connectivity index (χ2v) is 4.78. The minimum absolute atomic E-state index is 0.112. The Balaban J connectivity index is 2.32. The van der Waals surface area contributed by atoms with Crippen LogP contribution in [0.1, 0.15) is 31.9 Å². The van der Waals surface area contributed by atoms with Gasteiger partial charge in [0, 0.05) is 23.9 Å². The fourth-order valence-corrected chi connectivity index (χ4v) is 2.19. The van der Waals surface area contributed by atoms with Crippen LogP contribution in [0.3, 0.4) is 0 Å². The molecule has 16 heavy (non-hydrogen) atoms. The molecule has 0 radical (unpaired) electrons. The molecule has 0 spiro atoms. The summed E-state index contributed by atoms with van der Waals surface area (Å²) in [6.07, 6.45) is 2.50. The standard InChI is InChI=1S/C11H16N2O2S/c1-8-7-10(15)13-11(12-8)16-6-4-3-5-9(2)14/h7H,3-6H2,1-2H3,(H,12,13,15). The predicted molar refractivity (Wildman–Crippen MR) is 64.9 cm³/mol. The number of rotatable bonds is 6. The normalized spacial score (nSPS) is 10.4. The summed E-state index contributed by atoms with van der Waals surface area (Å²) in [5.74, 6) is 1.10. The smallest absolute Gasteiger partial charge is 0.251 e. The predicted octanol–water partition coefficient (Wildman–Crippen LogP) is 1.93. The van der Waals surface area contributed by atoms with Gasteiger partial charge in [-0.25, -0.2) is 4.98 Å². The van der Waals surface area contributed by atoms with Gasteiger partial charge in [0.1, 0.15) is 5.78 Å². The van der Waals surface area contributed by atoms with E-state index < -0.39 is 0 Å². The number of hydrogen-bond acceptors (Lipinski definition) is 4. The van der Waals surface area contributed by atoms with Crippen molar-refractivity contribution in [3.63, 3.8) is 0 Å². The Morgan fingerprint density at radius 3 is 2.88 bits per heavy atom. The van der Waals surface area contributed by atoms with E-state index in [0.717, 1.165) is 24.3 Å². The summed E-state index contributed by atoms with van der Waals surface area (Å²) in [5.41, 5.74) is 0.619. The molecular formula is C11H16N2O2S. The van der Waals surface area contributed by atoms with Gasteiger partial charge in [0.2, 0.25) is 0 Å². The van der Waals surface area contributed by atoms with Crippen LogP contribution in [-0.2, 0) is 4.79 Å². The first kappa shape index (κ1) is 13.0. The van der Waals surface area contributed by atoms with Crippen LogP contribution < -0.4 is 5.56 Å². The molecule has 0 aliphatic carbocycles. The largest absolute Gasteiger partial charge is 0.301 e. The molecule has 0 aliphatic rings. The van der Waals surface area contributed by atoms with Crippen LogP contribution in [0.15, 0.2) is 16.0 Å². The van der Waals surface area contributed by atoms with Crippen LogP contribution in [-0.4, -0.2) is 21.5 Å². The van der Waals surface area contributed by atoms with Gasteiger partial charge in [-0.15, -0.1) is 0 Å². The maximum atomic E-state index is 11.1. The summed E-state index contributed by atoms with van der Waals surface area (Å²) in [6, 6.07) is 1.47. The number of Topliss-reactive ketones (excluding diaryl/α,β-unsaturated/α-hetero) is 1. The molecule has 1 rings (SSSR count). The summed E-state index contributed by atoms with van der Waals surface area (Å²) in [5, 5.41) is 0.660. The van der Waals surface area contributed by atoms with Crippen LogP contribution in [0.2, 0.25) is 0 Å². The van der Waals surface area contributed by atoms with Gasteiger partial charge in [-0.1, -0.05) is 11.8 Å². The zero-order valence-electron chi connectivity index (χ0n) is 9.58. The van der Waals surface area contributed by atoms with Crippen molar-refractivity contribution in [2.75, 3.05) is 5.75 Å². The number of thioether (sulfide) groups is 1. The van der Waals surface area contributed by atoms with Crippen molar-refractivity contribution in [2.45, 2.75) is 38.3 Å². The Labute approximate surface area is 98.9 Å². The third kappa shape index (κ3) is 5.11. The van der Waals surface area contributed by atoms with E-state index in [4.69, 9.17) is 0 Å². The number of carbonyl (C=O) groups excluding carboxylic acids is 1. The van der Waals surface area contributed by atoms with E-state index >= 15 is 0 Å². The van der Waals surface area contributed by atoms with Gasteiger partial charge in [-0.3, -0.25) is 4.79 Å². The number of aromatic nitrogens is 2. The Kier molecular flexibility index (Phi) is 5.25. The molecule has 0 saturated carbocycles. The highest BCUT2D eigenvalue weighted by Gasteiger charge is 1.99. The van der Waals surface area contributed by atoms with E-state index in [9.17, 15) is 9.59 Å². The topological polar surface area (TPSA) is 62.8 Å². The van der Waals surface area contributed by atoms with E-state index in [-0.39, 0.29) is 11.3 Å². The number of carbonyl (C=O) groups is 1. The molecule has 0 fully saturated rings. The summed E-state index contributed by atoms with van der Waals surface area (Å²) >= 11 is 1.52. The maximum absolute atomic E-state index is 11.1. The van der Waals surface area contributed by atoms with Crippen molar-refractivity contribution in [1.82, 2.24) is 9.97 Å². The van der Waals surface area contributed by atoms with Crippen LogP contribution in [0, 0.1) is 6.92 Å². The summed E-state index contributed by atoms with van der Waals surface area (Å²) < 4.78 is 0. The summed E-state index contributed by atoms with van der Waals surface area (Å²) in [4.78, 5) is 28.7. The zero-order chi connectivity index (χ0) is 12.0. The number of ketones is 1. The van der Waals surface area contributed by atoms with Gasteiger partial charge in [-0.2, -0.15) is 0 Å². The number of aryl methyl sites for hydroxylation is 1. The minimum atomic E-state index is -0.112. The van der Waals surface area contributed by atoms with Crippen molar-refractivity contribution in [3.8, 4) is 0 Å². The highest BCUT2D eigenvalue weighted by Crippen LogP contribution is 2.13. The average Bonchev–Trinajstić information content (AvgIpc) is 2.15.